The lowest BCUT2D eigenvalue weighted by molar-refractivity contribution is -0.137. The van der Waals surface area contributed by atoms with Crippen molar-refractivity contribution < 1.29 is 31.1 Å². The van der Waals surface area contributed by atoms with Crippen LogP contribution in [0.2, 0.25) is 5.02 Å². The lowest BCUT2D eigenvalue weighted by atomic mass is 10.1. The first-order valence-electron chi connectivity index (χ1n) is 12.3. The van der Waals surface area contributed by atoms with Crippen LogP contribution in [0.25, 0.3) is 0 Å². The molecule has 0 radical (unpaired) electrons. The highest BCUT2D eigenvalue weighted by molar-refractivity contribution is 7.91. The number of carbonyl (C=O) groups is 1. The summed E-state index contributed by atoms with van der Waals surface area (Å²) < 4.78 is 73.0. The van der Waals surface area contributed by atoms with Gasteiger partial charge in [-0.05, 0) is 42.3 Å². The molecule has 1 saturated heterocycles. The van der Waals surface area contributed by atoms with Crippen LogP contribution < -0.4 is 5.32 Å². The topological polar surface area (TPSA) is 91.8 Å². The number of thiazole rings is 1. The highest BCUT2D eigenvalue weighted by Gasteiger charge is 2.33. The number of piperazine rings is 1. The Morgan fingerprint density at radius 2 is 1.73 bits per heavy atom. The van der Waals surface area contributed by atoms with Crippen LogP contribution in [-0.2, 0) is 32.3 Å². The number of rotatable bonds is 9. The molecule has 1 aliphatic rings. The van der Waals surface area contributed by atoms with Crippen LogP contribution in [0.4, 0.5) is 18.3 Å². The average molecular weight is 617 g/mol. The minimum absolute atomic E-state index is 0.0983. The summed E-state index contributed by atoms with van der Waals surface area (Å²) in [7, 11) is -3.79. The second kappa shape index (κ2) is 12.5. The number of alkyl halides is 3. The molecular formula is C26H28ClF3N4O4S2. The maximum absolute atomic E-state index is 13.3. The molecule has 1 atom stereocenters. The third-order valence-corrected chi connectivity index (χ3v) is 10.2. The lowest BCUT2D eigenvalue weighted by Crippen LogP contribution is -2.49. The third-order valence-electron chi connectivity index (χ3n) is 6.34. The van der Waals surface area contributed by atoms with Crippen LogP contribution in [0, 0.1) is 6.92 Å². The SMILES string of the molecule is CC(=O)Nc1nc(C)c(S(=O)(=O)N2CCN(C[C@@H](OCc3ccc(C(F)(F)F)cc3)c3ccc(Cl)cc3)CC2)s1. The van der Waals surface area contributed by atoms with Gasteiger partial charge in [0.05, 0.1) is 24.0 Å². The molecule has 1 aromatic heterocycles. The summed E-state index contributed by atoms with van der Waals surface area (Å²) in [5.74, 6) is -0.331. The molecule has 0 spiro atoms. The zero-order valence-corrected chi connectivity index (χ0v) is 24.1. The smallest absolute Gasteiger partial charge is 0.368 e. The highest BCUT2D eigenvalue weighted by Crippen LogP contribution is 2.32. The van der Waals surface area contributed by atoms with Crippen molar-refractivity contribution in [1.82, 2.24) is 14.2 Å². The first-order chi connectivity index (χ1) is 18.8. The minimum atomic E-state index is -4.41. The summed E-state index contributed by atoms with van der Waals surface area (Å²) in [6, 6.07) is 12.0. The van der Waals surface area contributed by atoms with Gasteiger partial charge in [-0.25, -0.2) is 13.4 Å². The fourth-order valence-corrected chi connectivity index (χ4v) is 7.39. The molecule has 0 unspecified atom stereocenters. The monoisotopic (exact) mass is 616 g/mol. The Morgan fingerprint density at radius 3 is 2.30 bits per heavy atom. The van der Waals surface area contributed by atoms with Crippen molar-refractivity contribution in [2.75, 3.05) is 38.0 Å². The Balaban J connectivity index is 1.41. The number of carbonyl (C=O) groups excluding carboxylic acids is 1. The summed E-state index contributed by atoms with van der Waals surface area (Å²) in [6.07, 6.45) is -4.83. The minimum Gasteiger partial charge on any atom is -0.368 e. The van der Waals surface area contributed by atoms with E-state index in [1.165, 1.54) is 23.4 Å². The quantitative estimate of drug-likeness (QED) is 0.349. The van der Waals surface area contributed by atoms with Gasteiger partial charge in [-0.15, -0.1) is 0 Å². The number of benzene rings is 2. The van der Waals surface area contributed by atoms with Gasteiger partial charge >= 0.3 is 6.18 Å². The Bertz CT molecular complexity index is 1420. The number of sulfonamides is 1. The molecule has 40 heavy (non-hydrogen) atoms. The summed E-state index contributed by atoms with van der Waals surface area (Å²) in [4.78, 5) is 17.6. The molecule has 1 aliphatic heterocycles. The molecule has 3 aromatic rings. The van der Waals surface area contributed by atoms with Gasteiger partial charge in [-0.1, -0.05) is 47.2 Å². The van der Waals surface area contributed by atoms with Gasteiger partial charge in [0.25, 0.3) is 10.0 Å². The molecule has 14 heteroatoms. The number of aromatic nitrogens is 1. The van der Waals surface area contributed by atoms with E-state index >= 15 is 0 Å². The molecule has 216 valence electrons. The van der Waals surface area contributed by atoms with Crippen LogP contribution >= 0.6 is 22.9 Å². The molecule has 1 fully saturated rings. The highest BCUT2D eigenvalue weighted by atomic mass is 35.5. The first-order valence-corrected chi connectivity index (χ1v) is 15.0. The van der Waals surface area contributed by atoms with Crippen LogP contribution in [-0.4, -0.2) is 61.2 Å². The average Bonchev–Trinajstić information content (AvgIpc) is 3.27. The number of nitrogens with one attached hydrogen (secondary N) is 1. The molecule has 1 N–H and O–H groups in total. The molecule has 0 bridgehead atoms. The Hall–Kier alpha value is -2.55. The largest absolute Gasteiger partial charge is 0.416 e. The predicted octanol–water partition coefficient (Wildman–Crippen LogP) is 5.35. The van der Waals surface area contributed by atoms with Gasteiger partial charge in [0.1, 0.15) is 0 Å². The molecule has 0 saturated carbocycles. The lowest BCUT2D eigenvalue weighted by Gasteiger charge is -2.35. The van der Waals surface area contributed by atoms with Gasteiger partial charge in [0, 0.05) is 44.7 Å². The summed E-state index contributed by atoms with van der Waals surface area (Å²) in [5, 5.41) is 3.32. The molecule has 0 aliphatic carbocycles. The van der Waals surface area contributed by atoms with E-state index in [9.17, 15) is 26.4 Å². The second-order valence-electron chi connectivity index (χ2n) is 9.32. The van der Waals surface area contributed by atoms with Gasteiger partial charge in [-0.3, -0.25) is 9.69 Å². The number of hydrogen-bond donors (Lipinski definition) is 1. The van der Waals surface area contributed by atoms with Gasteiger partial charge < -0.3 is 10.1 Å². The number of anilines is 1. The van der Waals surface area contributed by atoms with E-state index in [0.29, 0.717) is 35.9 Å². The second-order valence-corrected chi connectivity index (χ2v) is 12.9. The normalized spacial score (nSPS) is 16.1. The first kappa shape index (κ1) is 30.4. The maximum atomic E-state index is 13.3. The molecule has 2 heterocycles. The molecule has 8 nitrogen and oxygen atoms in total. The number of ether oxygens (including phenoxy) is 1. The van der Waals surface area contributed by atoms with E-state index in [1.54, 1.807) is 19.1 Å². The van der Waals surface area contributed by atoms with E-state index in [2.05, 4.69) is 15.2 Å². The number of aryl methyl sites for hydroxylation is 1. The van der Waals surface area contributed by atoms with Gasteiger partial charge in [-0.2, -0.15) is 17.5 Å². The Labute approximate surface area is 239 Å². The number of amides is 1. The van der Waals surface area contributed by atoms with Gasteiger partial charge in [0.2, 0.25) is 5.91 Å². The van der Waals surface area contributed by atoms with Crippen molar-refractivity contribution in [3.63, 3.8) is 0 Å². The van der Waals surface area contributed by atoms with Crippen LogP contribution in [0.15, 0.2) is 52.7 Å². The molecule has 2 aromatic carbocycles. The van der Waals surface area contributed by atoms with Crippen LogP contribution in [0.5, 0.6) is 0 Å². The summed E-state index contributed by atoms with van der Waals surface area (Å²) in [6.45, 7) is 4.86. The number of nitrogens with zero attached hydrogens (tertiary/aromatic N) is 3. The van der Waals surface area contributed by atoms with E-state index < -0.39 is 27.9 Å². The maximum Gasteiger partial charge on any atom is 0.416 e. The molecule has 4 rings (SSSR count). The van der Waals surface area contributed by atoms with Crippen molar-refractivity contribution in [2.45, 2.75) is 36.9 Å². The summed E-state index contributed by atoms with van der Waals surface area (Å²) in [5.41, 5.74) is 1.05. The zero-order valence-electron chi connectivity index (χ0n) is 21.7. The summed E-state index contributed by atoms with van der Waals surface area (Å²) >= 11 is 6.98. The Kier molecular flexibility index (Phi) is 9.53. The van der Waals surface area contributed by atoms with E-state index in [4.69, 9.17) is 16.3 Å². The van der Waals surface area contributed by atoms with Crippen molar-refractivity contribution in [3.8, 4) is 0 Å². The van der Waals surface area contributed by atoms with E-state index in [0.717, 1.165) is 29.0 Å². The van der Waals surface area contributed by atoms with Crippen molar-refractivity contribution in [2.24, 2.45) is 0 Å². The van der Waals surface area contributed by atoms with Crippen molar-refractivity contribution in [1.29, 1.82) is 0 Å². The fraction of sp³-hybridized carbons (Fsp3) is 0.385. The van der Waals surface area contributed by atoms with Crippen LogP contribution in [0.3, 0.4) is 0 Å². The molecule has 1 amide bonds. The van der Waals surface area contributed by atoms with Crippen molar-refractivity contribution >= 4 is 44.0 Å². The molecular weight excluding hydrogens is 589 g/mol. The zero-order chi connectivity index (χ0) is 29.1. The predicted molar refractivity (Wildman–Crippen MR) is 147 cm³/mol. The number of hydrogen-bond acceptors (Lipinski definition) is 7. The fourth-order valence-electron chi connectivity index (χ4n) is 4.25. The van der Waals surface area contributed by atoms with Crippen LogP contribution in [0.1, 0.15) is 35.4 Å². The van der Waals surface area contributed by atoms with E-state index in [1.807, 2.05) is 12.1 Å². The van der Waals surface area contributed by atoms with Crippen molar-refractivity contribution in [3.05, 3.63) is 75.9 Å². The Morgan fingerprint density at radius 1 is 1.10 bits per heavy atom. The number of halogens is 4. The van der Waals surface area contributed by atoms with Gasteiger partial charge in [0.15, 0.2) is 9.34 Å². The third kappa shape index (κ3) is 7.59. The van der Waals surface area contributed by atoms with E-state index in [-0.39, 0.29) is 34.9 Å². The standard InChI is InChI=1S/C26H28ClF3N4O4S2/c1-17-24(39-25(31-17)32-18(2)35)40(36,37)34-13-11-33(12-14-34)15-23(20-5-9-22(27)10-6-20)38-16-19-3-7-21(8-4-19)26(28,29)30/h3-10,23H,11-16H2,1-2H3,(H,31,32,35)/t23-/m1/s1.